The summed E-state index contributed by atoms with van der Waals surface area (Å²) in [5, 5.41) is 18.5. The van der Waals surface area contributed by atoms with Crippen molar-refractivity contribution >= 4 is 11.6 Å². The highest BCUT2D eigenvalue weighted by atomic mass is 19.4. The fourth-order valence-electron chi connectivity index (χ4n) is 3.89. The summed E-state index contributed by atoms with van der Waals surface area (Å²) in [7, 11) is 0. The van der Waals surface area contributed by atoms with Crippen molar-refractivity contribution in [2.45, 2.75) is 36.0 Å². The summed E-state index contributed by atoms with van der Waals surface area (Å²) in [6, 6.07) is 14.6. The Bertz CT molecular complexity index is 1610. The Morgan fingerprint density at radius 2 is 0.729 bits per heavy atom. The van der Waals surface area contributed by atoms with Crippen molar-refractivity contribution in [3.05, 3.63) is 108 Å². The van der Waals surface area contributed by atoms with E-state index in [1.165, 1.54) is 48.5 Å². The van der Waals surface area contributed by atoms with Gasteiger partial charge in [-0.05, 0) is 22.3 Å². The normalized spacial score (nSPS) is 14.2. The number of benzene rings is 3. The van der Waals surface area contributed by atoms with Gasteiger partial charge in [0.2, 0.25) is 0 Å². The van der Waals surface area contributed by atoms with Gasteiger partial charge in [0.15, 0.2) is 23.1 Å². The van der Waals surface area contributed by atoms with Crippen molar-refractivity contribution in [1.29, 1.82) is 0 Å². The standard InChI is InChI=1S/C30H16F14O4/c31-25(32,27(35,36)29(39,40)41)23(47)13-21(45)17-9-5-15(6-10-17)19-3-1-2-4-20(19)16-7-11-18(12-8-16)22(46)14-24(48)26(33,34)28(37,38)30(42,43)44/h1-14,47-48H/b23-13-,24-14-. The maximum Gasteiger partial charge on any atom is 0.460 e. The molecular formula is C30H16F14O4. The largest absolute Gasteiger partial charge is 0.506 e. The number of hydrogen-bond acceptors (Lipinski definition) is 4. The highest BCUT2D eigenvalue weighted by Gasteiger charge is 2.75. The smallest absolute Gasteiger partial charge is 0.460 e. The summed E-state index contributed by atoms with van der Waals surface area (Å²) in [4.78, 5) is 24.5. The Labute approximate surface area is 259 Å². The lowest BCUT2D eigenvalue weighted by Crippen LogP contribution is -2.53. The van der Waals surface area contributed by atoms with Gasteiger partial charge in [0.1, 0.15) is 0 Å². The van der Waals surface area contributed by atoms with E-state index in [1.54, 1.807) is 0 Å². The number of hydrogen-bond donors (Lipinski definition) is 2. The van der Waals surface area contributed by atoms with Crippen molar-refractivity contribution in [2.24, 2.45) is 0 Å². The van der Waals surface area contributed by atoms with Gasteiger partial charge in [-0.25, -0.2) is 0 Å². The average Bonchev–Trinajstić information content (AvgIpc) is 2.99. The number of carbonyl (C=O) groups excluding carboxylic acids is 2. The van der Waals surface area contributed by atoms with Crippen LogP contribution < -0.4 is 0 Å². The van der Waals surface area contributed by atoms with Gasteiger partial charge in [0.25, 0.3) is 0 Å². The Hall–Kier alpha value is -4.90. The van der Waals surface area contributed by atoms with Crippen molar-refractivity contribution in [3.8, 4) is 22.3 Å². The van der Waals surface area contributed by atoms with Crippen LogP contribution >= 0.6 is 0 Å². The van der Waals surface area contributed by atoms with Crippen molar-refractivity contribution in [2.75, 3.05) is 0 Å². The Kier molecular flexibility index (Phi) is 9.87. The molecule has 18 heteroatoms. The van der Waals surface area contributed by atoms with Crippen molar-refractivity contribution < 1.29 is 81.3 Å². The quantitative estimate of drug-likeness (QED) is 0.0953. The van der Waals surface area contributed by atoms with E-state index in [0.717, 1.165) is 24.3 Å². The zero-order chi connectivity index (χ0) is 36.7. The number of alkyl halides is 14. The van der Waals surface area contributed by atoms with Gasteiger partial charge < -0.3 is 10.2 Å². The molecule has 0 spiro atoms. The molecule has 0 saturated carbocycles. The second kappa shape index (κ2) is 12.6. The molecule has 0 amide bonds. The van der Waals surface area contributed by atoms with Crippen LogP contribution in [-0.2, 0) is 0 Å². The molecule has 3 aromatic rings. The van der Waals surface area contributed by atoms with Crippen LogP contribution in [0.4, 0.5) is 61.5 Å². The van der Waals surface area contributed by atoms with Crippen LogP contribution in [0.25, 0.3) is 22.3 Å². The maximum atomic E-state index is 13.6. The molecule has 0 aromatic heterocycles. The van der Waals surface area contributed by atoms with E-state index >= 15 is 0 Å². The van der Waals surface area contributed by atoms with Crippen LogP contribution in [0, 0.1) is 0 Å². The minimum Gasteiger partial charge on any atom is -0.506 e. The van der Waals surface area contributed by atoms with Gasteiger partial charge >= 0.3 is 36.0 Å². The van der Waals surface area contributed by atoms with Gasteiger partial charge in [0.05, 0.1) is 0 Å². The molecule has 0 bridgehead atoms. The Morgan fingerprint density at radius 3 is 0.979 bits per heavy atom. The summed E-state index contributed by atoms with van der Waals surface area (Å²) < 4.78 is 181. The second-order valence-electron chi connectivity index (χ2n) is 9.78. The van der Waals surface area contributed by atoms with Crippen LogP contribution in [0.3, 0.4) is 0 Å². The number of allylic oxidation sites excluding steroid dienone is 4. The molecule has 0 aliphatic rings. The summed E-state index contributed by atoms with van der Waals surface area (Å²) >= 11 is 0. The van der Waals surface area contributed by atoms with E-state index in [4.69, 9.17) is 0 Å². The number of halogens is 14. The lowest BCUT2D eigenvalue weighted by Gasteiger charge is -2.27. The number of rotatable bonds is 10. The van der Waals surface area contributed by atoms with Gasteiger partial charge in [-0.2, -0.15) is 61.5 Å². The molecule has 2 N–H and O–H groups in total. The molecule has 258 valence electrons. The van der Waals surface area contributed by atoms with Crippen LogP contribution in [0.2, 0.25) is 0 Å². The van der Waals surface area contributed by atoms with E-state index in [9.17, 15) is 81.3 Å². The molecule has 4 nitrogen and oxygen atoms in total. The van der Waals surface area contributed by atoms with E-state index in [1.807, 2.05) is 0 Å². The molecule has 0 unspecified atom stereocenters. The third-order valence-corrected chi connectivity index (χ3v) is 6.57. The lowest BCUT2D eigenvalue weighted by molar-refractivity contribution is -0.349. The second-order valence-corrected chi connectivity index (χ2v) is 9.78. The monoisotopic (exact) mass is 706 g/mol. The molecule has 0 aliphatic heterocycles. The fraction of sp³-hybridized carbons (Fsp3) is 0.200. The predicted molar refractivity (Wildman–Crippen MR) is 139 cm³/mol. The van der Waals surface area contributed by atoms with Gasteiger partial charge in [0, 0.05) is 23.3 Å². The van der Waals surface area contributed by atoms with Crippen LogP contribution in [0.5, 0.6) is 0 Å². The van der Waals surface area contributed by atoms with Gasteiger partial charge in [-0.15, -0.1) is 0 Å². The minimum atomic E-state index is -6.76. The summed E-state index contributed by atoms with van der Waals surface area (Å²) in [5.41, 5.74) is 0.238. The first-order chi connectivity index (χ1) is 21.8. The van der Waals surface area contributed by atoms with Gasteiger partial charge in [-0.1, -0.05) is 72.8 Å². The first-order valence-corrected chi connectivity index (χ1v) is 12.6. The van der Waals surface area contributed by atoms with E-state index < -0.39 is 82.4 Å². The number of ketones is 2. The van der Waals surface area contributed by atoms with Crippen molar-refractivity contribution in [1.82, 2.24) is 0 Å². The van der Waals surface area contributed by atoms with E-state index in [-0.39, 0.29) is 11.1 Å². The first-order valence-electron chi connectivity index (χ1n) is 12.6. The molecule has 0 fully saturated rings. The number of aliphatic hydroxyl groups is 2. The summed E-state index contributed by atoms with van der Waals surface area (Å²) in [6.45, 7) is 0. The fourth-order valence-corrected chi connectivity index (χ4v) is 3.89. The Balaban J connectivity index is 1.87. The molecule has 0 radical (unpaired) electrons. The average molecular weight is 706 g/mol. The highest BCUT2D eigenvalue weighted by molar-refractivity contribution is 6.06. The number of carbonyl (C=O) groups is 2. The van der Waals surface area contributed by atoms with Crippen molar-refractivity contribution in [3.63, 3.8) is 0 Å². The highest BCUT2D eigenvalue weighted by Crippen LogP contribution is 2.50. The lowest BCUT2D eigenvalue weighted by atomic mass is 9.93. The zero-order valence-electron chi connectivity index (χ0n) is 23.1. The molecular weight excluding hydrogens is 690 g/mol. The topological polar surface area (TPSA) is 74.6 Å². The molecule has 3 aromatic carbocycles. The summed E-state index contributed by atoms with van der Waals surface area (Å²) in [5.74, 6) is -34.6. The molecule has 0 heterocycles. The minimum absolute atomic E-state index is 0.283. The Morgan fingerprint density at radius 1 is 0.458 bits per heavy atom. The first kappa shape index (κ1) is 37.6. The maximum absolute atomic E-state index is 13.6. The van der Waals surface area contributed by atoms with E-state index in [0.29, 0.717) is 11.1 Å². The van der Waals surface area contributed by atoms with Crippen LogP contribution in [0.1, 0.15) is 20.7 Å². The predicted octanol–water partition coefficient (Wildman–Crippen LogP) is 9.94. The third-order valence-electron chi connectivity index (χ3n) is 6.57. The molecule has 0 saturated heterocycles. The van der Waals surface area contributed by atoms with Gasteiger partial charge in [-0.3, -0.25) is 9.59 Å². The van der Waals surface area contributed by atoms with Crippen LogP contribution in [0.15, 0.2) is 96.5 Å². The van der Waals surface area contributed by atoms with E-state index in [2.05, 4.69) is 0 Å². The molecule has 48 heavy (non-hydrogen) atoms. The SMILES string of the molecule is O=C(/C=C(\O)C(F)(F)C(F)(F)C(F)(F)F)c1ccc(-c2ccccc2-c2ccc(C(=O)/C=C(\O)C(F)(F)C(F)(F)C(F)(F)F)cc2)cc1. The molecule has 3 rings (SSSR count). The summed E-state index contributed by atoms with van der Waals surface area (Å²) in [6.07, 6.45) is -14.5. The third kappa shape index (κ3) is 6.87. The van der Waals surface area contributed by atoms with Crippen LogP contribution in [-0.4, -0.2) is 57.8 Å². The number of aliphatic hydroxyl groups excluding tert-OH is 2. The molecule has 0 aliphatic carbocycles. The zero-order valence-corrected chi connectivity index (χ0v) is 23.1. The molecule has 0 atom stereocenters.